The summed E-state index contributed by atoms with van der Waals surface area (Å²) in [5.74, 6) is -1.05. The number of hydrogen-bond acceptors (Lipinski definition) is 9. The molecule has 1 saturated heterocycles. The van der Waals surface area contributed by atoms with Crippen LogP contribution < -0.4 is 10.5 Å². The predicted molar refractivity (Wildman–Crippen MR) is 95.4 cm³/mol. The fourth-order valence-electron chi connectivity index (χ4n) is 3.24. The van der Waals surface area contributed by atoms with Crippen LogP contribution in [0, 0.1) is 0 Å². The number of aliphatic hydroxyl groups is 3. The maximum Gasteiger partial charge on any atom is 0.335 e. The van der Waals surface area contributed by atoms with Gasteiger partial charge in [-0.2, -0.15) is 0 Å². The maximum atomic E-state index is 11.3. The highest BCUT2D eigenvalue weighted by Gasteiger charge is 2.48. The highest BCUT2D eigenvalue weighted by Crippen LogP contribution is 2.34. The van der Waals surface area contributed by atoms with Crippen molar-refractivity contribution in [2.75, 3.05) is 5.73 Å². The zero-order valence-electron chi connectivity index (χ0n) is 14.6. The van der Waals surface area contributed by atoms with Gasteiger partial charge in [0.1, 0.15) is 29.3 Å². The molecule has 5 unspecified atom stereocenters. The average molecular weight is 390 g/mol. The third-order valence-electron chi connectivity index (χ3n) is 4.79. The van der Waals surface area contributed by atoms with E-state index in [0.717, 1.165) is 0 Å². The summed E-state index contributed by atoms with van der Waals surface area (Å²) in [5.41, 5.74) is 7.49. The smallest absolute Gasteiger partial charge is 0.335 e. The molecule has 4 rings (SSSR count). The van der Waals surface area contributed by atoms with Gasteiger partial charge < -0.3 is 40.2 Å². The number of carbonyl (C=O) groups is 1. The second kappa shape index (κ2) is 6.56. The molecule has 1 aliphatic rings. The van der Waals surface area contributed by atoms with Crippen LogP contribution in [-0.2, 0) is 16.6 Å². The molecule has 0 saturated carbocycles. The first-order chi connectivity index (χ1) is 13.3. The van der Waals surface area contributed by atoms with Crippen LogP contribution in [0.1, 0.15) is 0 Å². The van der Waals surface area contributed by atoms with Crippen molar-refractivity contribution >= 4 is 33.9 Å². The minimum atomic E-state index is -1.80. The Kier molecular flexibility index (Phi) is 4.31. The van der Waals surface area contributed by atoms with Gasteiger partial charge in [0, 0.05) is 24.7 Å². The fraction of sp³-hybridized carbons (Fsp3) is 0.353. The molecule has 0 bridgehead atoms. The van der Waals surface area contributed by atoms with Gasteiger partial charge in [0.05, 0.1) is 5.52 Å². The molecule has 1 aromatic carbocycles. The van der Waals surface area contributed by atoms with Crippen LogP contribution in [0.5, 0.6) is 5.75 Å². The lowest BCUT2D eigenvalue weighted by Crippen LogP contribution is -2.61. The van der Waals surface area contributed by atoms with Gasteiger partial charge >= 0.3 is 5.97 Å². The molecule has 5 atom stereocenters. The van der Waals surface area contributed by atoms with Crippen LogP contribution in [0.4, 0.5) is 5.95 Å². The van der Waals surface area contributed by atoms with Gasteiger partial charge in [-0.3, -0.25) is 4.98 Å². The Morgan fingerprint density at radius 1 is 1.25 bits per heavy atom. The molecule has 11 nitrogen and oxygen atoms in total. The van der Waals surface area contributed by atoms with Gasteiger partial charge in [-0.05, 0) is 12.1 Å². The Morgan fingerprint density at radius 3 is 2.71 bits per heavy atom. The van der Waals surface area contributed by atoms with Crippen molar-refractivity contribution in [3.05, 3.63) is 24.4 Å². The highest BCUT2D eigenvalue weighted by molar-refractivity contribution is 6.06. The molecule has 0 amide bonds. The zero-order valence-corrected chi connectivity index (χ0v) is 14.6. The van der Waals surface area contributed by atoms with Crippen molar-refractivity contribution in [2.24, 2.45) is 7.05 Å². The molecule has 2 aromatic heterocycles. The number of fused-ring (bicyclic) bond motifs is 3. The second-order valence-electron chi connectivity index (χ2n) is 6.52. The van der Waals surface area contributed by atoms with E-state index in [-0.39, 0.29) is 11.7 Å². The summed E-state index contributed by atoms with van der Waals surface area (Å²) >= 11 is 0. The summed E-state index contributed by atoms with van der Waals surface area (Å²) in [6.07, 6.45) is -7.04. The van der Waals surface area contributed by atoms with E-state index in [1.807, 2.05) is 0 Å². The molecule has 11 heteroatoms. The number of aliphatic hydroxyl groups excluding tert-OH is 3. The van der Waals surface area contributed by atoms with Gasteiger partial charge in [-0.25, -0.2) is 9.78 Å². The lowest BCUT2D eigenvalue weighted by molar-refractivity contribution is -0.270. The summed E-state index contributed by atoms with van der Waals surface area (Å²) in [6.45, 7) is 0. The monoisotopic (exact) mass is 390 g/mol. The number of pyridine rings is 1. The Balaban J connectivity index is 1.80. The number of aromatic nitrogens is 3. The van der Waals surface area contributed by atoms with Crippen molar-refractivity contribution in [3.63, 3.8) is 0 Å². The molecular formula is C17H18N4O7. The average Bonchev–Trinajstić information content (AvgIpc) is 2.96. The Morgan fingerprint density at radius 2 is 2.00 bits per heavy atom. The molecule has 1 aliphatic heterocycles. The van der Waals surface area contributed by atoms with E-state index >= 15 is 0 Å². The molecular weight excluding hydrogens is 372 g/mol. The summed E-state index contributed by atoms with van der Waals surface area (Å²) in [4.78, 5) is 19.9. The first-order valence-corrected chi connectivity index (χ1v) is 8.38. The van der Waals surface area contributed by atoms with E-state index in [2.05, 4.69) is 9.97 Å². The Bertz CT molecular complexity index is 1070. The number of hydrogen-bond donors (Lipinski definition) is 5. The lowest BCUT2D eigenvalue weighted by Gasteiger charge is -2.38. The Labute approximate surface area is 157 Å². The SMILES string of the molecule is Cn1c(N)nc2c3cccnc3c(OC3OC(C(=O)O)C(O)C(O)C3O)cc21. The number of aryl methyl sites for hydroxylation is 1. The van der Waals surface area contributed by atoms with Gasteiger partial charge in [0.2, 0.25) is 12.2 Å². The largest absolute Gasteiger partial charge is 0.479 e. The van der Waals surface area contributed by atoms with Crippen LogP contribution in [0.25, 0.3) is 21.9 Å². The molecule has 6 N–H and O–H groups in total. The number of carboxylic acids is 1. The van der Waals surface area contributed by atoms with Crippen molar-refractivity contribution in [2.45, 2.75) is 30.7 Å². The molecule has 1 fully saturated rings. The lowest BCUT2D eigenvalue weighted by atomic mass is 9.99. The fourth-order valence-corrected chi connectivity index (χ4v) is 3.24. The first kappa shape index (κ1) is 18.4. The van der Waals surface area contributed by atoms with E-state index in [4.69, 9.17) is 15.2 Å². The highest BCUT2D eigenvalue weighted by atomic mass is 16.7. The van der Waals surface area contributed by atoms with Crippen molar-refractivity contribution < 1.29 is 34.7 Å². The van der Waals surface area contributed by atoms with Gasteiger partial charge in [-0.15, -0.1) is 0 Å². The normalized spacial score (nSPS) is 27.9. The Hall–Kier alpha value is -2.99. The number of nitrogens with two attached hydrogens (primary N) is 1. The third kappa shape index (κ3) is 2.72. The van der Waals surface area contributed by atoms with Crippen LogP contribution in [0.3, 0.4) is 0 Å². The van der Waals surface area contributed by atoms with Crippen LogP contribution in [0.15, 0.2) is 24.4 Å². The van der Waals surface area contributed by atoms with Crippen molar-refractivity contribution in [3.8, 4) is 5.75 Å². The quantitative estimate of drug-likeness (QED) is 0.372. The predicted octanol–water partition coefficient (Wildman–Crippen LogP) is -1.03. The van der Waals surface area contributed by atoms with Crippen molar-refractivity contribution in [1.82, 2.24) is 14.5 Å². The summed E-state index contributed by atoms with van der Waals surface area (Å²) < 4.78 is 12.5. The molecule has 3 heterocycles. The molecule has 0 aliphatic carbocycles. The summed E-state index contributed by atoms with van der Waals surface area (Å²) in [6, 6.07) is 5.06. The second-order valence-corrected chi connectivity index (χ2v) is 6.52. The molecule has 0 radical (unpaired) electrons. The standard InChI is InChI=1S/C17H18N4O7/c1-21-7-5-8(10-6(3-2-4-19-10)9(7)20-17(21)18)27-16-13(24)11(22)12(23)14(28-16)15(25)26/h2-5,11-14,16,22-24H,1H3,(H2,18,20)(H,25,26). The number of carboxylic acid groups (broad SMARTS) is 1. The number of anilines is 1. The first-order valence-electron chi connectivity index (χ1n) is 8.38. The van der Waals surface area contributed by atoms with Gasteiger partial charge in [-0.1, -0.05) is 0 Å². The van der Waals surface area contributed by atoms with Gasteiger partial charge in [0.15, 0.2) is 11.9 Å². The topological polar surface area (TPSA) is 173 Å². The number of rotatable bonds is 3. The number of nitrogens with zero attached hydrogens (tertiary/aromatic N) is 3. The van der Waals surface area contributed by atoms with Crippen LogP contribution >= 0.6 is 0 Å². The number of imidazole rings is 1. The van der Waals surface area contributed by atoms with Crippen LogP contribution in [0.2, 0.25) is 0 Å². The number of ether oxygens (including phenoxy) is 2. The minimum absolute atomic E-state index is 0.169. The van der Waals surface area contributed by atoms with E-state index in [9.17, 15) is 25.2 Å². The minimum Gasteiger partial charge on any atom is -0.479 e. The molecule has 148 valence electrons. The van der Waals surface area contributed by atoms with E-state index in [1.165, 1.54) is 6.20 Å². The summed E-state index contributed by atoms with van der Waals surface area (Å²) in [7, 11) is 1.71. The van der Waals surface area contributed by atoms with Gasteiger partial charge in [0.25, 0.3) is 0 Å². The zero-order chi connectivity index (χ0) is 20.2. The van der Waals surface area contributed by atoms with Crippen molar-refractivity contribution in [1.29, 1.82) is 0 Å². The van der Waals surface area contributed by atoms with E-state index < -0.39 is 36.7 Å². The number of benzene rings is 1. The van der Waals surface area contributed by atoms with E-state index in [0.29, 0.717) is 21.9 Å². The summed E-state index contributed by atoms with van der Waals surface area (Å²) in [5, 5.41) is 39.8. The van der Waals surface area contributed by atoms with Crippen LogP contribution in [-0.4, -0.2) is 71.6 Å². The number of nitrogen functional groups attached to an aromatic ring is 1. The third-order valence-corrected chi connectivity index (χ3v) is 4.79. The molecule has 28 heavy (non-hydrogen) atoms. The molecule has 3 aromatic rings. The molecule has 0 spiro atoms. The van der Waals surface area contributed by atoms with E-state index in [1.54, 1.807) is 29.8 Å². The maximum absolute atomic E-state index is 11.3. The number of aliphatic carboxylic acids is 1.